The van der Waals surface area contributed by atoms with Crippen LogP contribution in [0.2, 0.25) is 0 Å². The summed E-state index contributed by atoms with van der Waals surface area (Å²) in [6, 6.07) is 34.8. The zero-order chi connectivity index (χ0) is 28.1. The van der Waals surface area contributed by atoms with Gasteiger partial charge in [-0.2, -0.15) is 0 Å². The van der Waals surface area contributed by atoms with Crippen LogP contribution in [0.25, 0.3) is 0 Å². The largest absolute Gasteiger partial charge is 0.496 e. The van der Waals surface area contributed by atoms with Gasteiger partial charge in [-0.15, -0.1) is 0 Å². The van der Waals surface area contributed by atoms with Gasteiger partial charge < -0.3 is 23.9 Å². The van der Waals surface area contributed by atoms with Crippen LogP contribution >= 0.6 is 0 Å². The van der Waals surface area contributed by atoms with Crippen molar-refractivity contribution in [3.05, 3.63) is 149 Å². The zero-order valence-electron chi connectivity index (χ0n) is 23.2. The first-order valence-electron chi connectivity index (χ1n) is 13.2. The Bertz CT molecular complexity index is 1440. The van der Waals surface area contributed by atoms with Crippen LogP contribution in [0.5, 0.6) is 11.5 Å². The van der Waals surface area contributed by atoms with Crippen LogP contribution in [0.1, 0.15) is 52.6 Å². The number of hydrogen-bond acceptors (Lipinski definition) is 5. The van der Waals surface area contributed by atoms with Crippen LogP contribution in [0.3, 0.4) is 0 Å². The number of methoxy groups -OCH3 is 3. The molecule has 0 fully saturated rings. The van der Waals surface area contributed by atoms with Crippen LogP contribution in [-0.4, -0.2) is 36.0 Å². The second-order valence-electron chi connectivity index (χ2n) is 9.60. The van der Waals surface area contributed by atoms with Crippen molar-refractivity contribution in [3.63, 3.8) is 0 Å². The van der Waals surface area contributed by atoms with E-state index >= 15 is 0 Å². The number of aromatic nitrogens is 2. The van der Waals surface area contributed by atoms with Gasteiger partial charge >= 0.3 is 0 Å². The number of benzene rings is 4. The summed E-state index contributed by atoms with van der Waals surface area (Å²) in [5, 5.41) is 11.8. The minimum atomic E-state index is -1.12. The maximum atomic E-state index is 11.8. The SMILES string of the molecule is COc1ccc(C(C)OC)c(OC)c1C(O)c1cn(C(c2ccccc2)(c2ccccc2)c2ccccc2)cn1. The quantitative estimate of drug-likeness (QED) is 0.206. The topological polar surface area (TPSA) is 65.7 Å². The van der Waals surface area contributed by atoms with E-state index in [0.29, 0.717) is 22.8 Å². The molecule has 0 bridgehead atoms. The number of nitrogens with zero attached hydrogens (tertiary/aromatic N) is 2. The molecule has 0 aliphatic rings. The molecule has 0 radical (unpaired) electrons. The Morgan fingerprint density at radius 1 is 0.725 bits per heavy atom. The van der Waals surface area contributed by atoms with Crippen molar-refractivity contribution in [3.8, 4) is 11.5 Å². The monoisotopic (exact) mass is 534 g/mol. The highest BCUT2D eigenvalue weighted by Gasteiger charge is 2.39. The summed E-state index contributed by atoms with van der Waals surface area (Å²) in [5.41, 5.74) is 4.24. The molecule has 0 saturated carbocycles. The molecule has 0 saturated heterocycles. The average molecular weight is 535 g/mol. The molecule has 6 nitrogen and oxygen atoms in total. The van der Waals surface area contributed by atoms with Crippen LogP contribution in [0, 0.1) is 0 Å². The van der Waals surface area contributed by atoms with Gasteiger partial charge in [0.15, 0.2) is 0 Å². The lowest BCUT2D eigenvalue weighted by atomic mass is 9.77. The molecule has 2 unspecified atom stereocenters. The summed E-state index contributed by atoms with van der Waals surface area (Å²) in [6.07, 6.45) is 2.33. The zero-order valence-corrected chi connectivity index (χ0v) is 23.2. The maximum absolute atomic E-state index is 11.8. The smallest absolute Gasteiger partial charge is 0.134 e. The fourth-order valence-corrected chi connectivity index (χ4v) is 5.51. The molecule has 5 rings (SSSR count). The van der Waals surface area contributed by atoms with Crippen LogP contribution in [0.15, 0.2) is 116 Å². The Kier molecular flexibility index (Phi) is 8.01. The lowest BCUT2D eigenvalue weighted by Gasteiger charge is -2.37. The summed E-state index contributed by atoms with van der Waals surface area (Å²) in [4.78, 5) is 4.75. The molecule has 1 aromatic heterocycles. The lowest BCUT2D eigenvalue weighted by Crippen LogP contribution is -2.37. The molecule has 1 N–H and O–H groups in total. The first-order valence-corrected chi connectivity index (χ1v) is 13.2. The van der Waals surface area contributed by atoms with E-state index in [0.717, 1.165) is 22.3 Å². The first kappa shape index (κ1) is 27.2. The Morgan fingerprint density at radius 3 is 1.70 bits per heavy atom. The van der Waals surface area contributed by atoms with Crippen LogP contribution < -0.4 is 9.47 Å². The van der Waals surface area contributed by atoms with Gasteiger partial charge in [0.25, 0.3) is 0 Å². The van der Waals surface area contributed by atoms with E-state index in [1.807, 2.05) is 79.9 Å². The Morgan fingerprint density at radius 2 is 1.25 bits per heavy atom. The molecule has 0 aliphatic carbocycles. The molecule has 40 heavy (non-hydrogen) atoms. The lowest BCUT2D eigenvalue weighted by molar-refractivity contribution is 0.116. The van der Waals surface area contributed by atoms with Gasteiger partial charge in [0, 0.05) is 18.9 Å². The van der Waals surface area contributed by atoms with Gasteiger partial charge in [0.2, 0.25) is 0 Å². The van der Waals surface area contributed by atoms with E-state index < -0.39 is 11.6 Å². The third-order valence-corrected chi connectivity index (χ3v) is 7.52. The molecule has 1 heterocycles. The Labute approximate surface area is 235 Å². The molecule has 6 heteroatoms. The summed E-state index contributed by atoms with van der Waals surface area (Å²) < 4.78 is 19.1. The molecule has 5 aromatic rings. The van der Waals surface area contributed by atoms with Gasteiger partial charge in [0.05, 0.1) is 37.9 Å². The molecular formula is C34H34N2O4. The number of rotatable bonds is 10. The molecule has 2 atom stereocenters. The van der Waals surface area contributed by atoms with Crippen molar-refractivity contribution >= 4 is 0 Å². The Balaban J connectivity index is 1.73. The van der Waals surface area contributed by atoms with E-state index in [1.165, 1.54) is 0 Å². The van der Waals surface area contributed by atoms with E-state index in [4.69, 9.17) is 19.2 Å². The molecule has 204 valence electrons. The van der Waals surface area contributed by atoms with Crippen molar-refractivity contribution in [1.29, 1.82) is 0 Å². The van der Waals surface area contributed by atoms with E-state index in [1.54, 1.807) is 27.7 Å². The highest BCUT2D eigenvalue weighted by atomic mass is 16.5. The van der Waals surface area contributed by atoms with Gasteiger partial charge in [-0.3, -0.25) is 0 Å². The summed E-state index contributed by atoms with van der Waals surface area (Å²) in [5.74, 6) is 1.02. The minimum Gasteiger partial charge on any atom is -0.496 e. The fraction of sp³-hybridized carbons (Fsp3) is 0.206. The fourth-order valence-electron chi connectivity index (χ4n) is 5.51. The van der Waals surface area contributed by atoms with Crippen molar-refractivity contribution < 1.29 is 19.3 Å². The van der Waals surface area contributed by atoms with Gasteiger partial charge in [-0.05, 0) is 35.7 Å². The molecular weight excluding hydrogens is 500 g/mol. The highest BCUT2D eigenvalue weighted by molar-refractivity contribution is 5.55. The second kappa shape index (κ2) is 11.8. The minimum absolute atomic E-state index is 0.244. The van der Waals surface area contributed by atoms with Crippen LogP contribution in [0.4, 0.5) is 0 Å². The molecule has 0 aliphatic heterocycles. The number of imidazole rings is 1. The number of hydrogen-bond donors (Lipinski definition) is 1. The van der Waals surface area contributed by atoms with E-state index in [-0.39, 0.29) is 6.10 Å². The summed E-state index contributed by atoms with van der Waals surface area (Å²) in [6.45, 7) is 1.93. The summed E-state index contributed by atoms with van der Waals surface area (Å²) >= 11 is 0. The summed E-state index contributed by atoms with van der Waals surface area (Å²) in [7, 11) is 4.80. The van der Waals surface area contributed by atoms with Crippen molar-refractivity contribution in [2.24, 2.45) is 0 Å². The predicted molar refractivity (Wildman–Crippen MR) is 156 cm³/mol. The number of aliphatic hydroxyl groups excluding tert-OH is 1. The molecule has 4 aromatic carbocycles. The normalized spacial score (nSPS) is 13.0. The second-order valence-corrected chi connectivity index (χ2v) is 9.60. The van der Waals surface area contributed by atoms with E-state index in [2.05, 4.69) is 41.0 Å². The third-order valence-electron chi connectivity index (χ3n) is 7.52. The molecule has 0 amide bonds. The Hall–Kier alpha value is -4.39. The highest BCUT2D eigenvalue weighted by Crippen LogP contribution is 2.44. The number of aliphatic hydroxyl groups is 1. The first-order chi connectivity index (χ1) is 19.6. The molecule has 0 spiro atoms. The van der Waals surface area contributed by atoms with Gasteiger partial charge in [0.1, 0.15) is 23.1 Å². The van der Waals surface area contributed by atoms with Crippen LogP contribution in [-0.2, 0) is 10.3 Å². The van der Waals surface area contributed by atoms with Gasteiger partial charge in [-0.1, -0.05) is 91.0 Å². The number of ether oxygens (including phenoxy) is 3. The van der Waals surface area contributed by atoms with Crippen molar-refractivity contribution in [2.45, 2.75) is 24.7 Å². The predicted octanol–water partition coefficient (Wildman–Crippen LogP) is 6.53. The van der Waals surface area contributed by atoms with Crippen molar-refractivity contribution in [1.82, 2.24) is 9.55 Å². The van der Waals surface area contributed by atoms with Gasteiger partial charge in [-0.25, -0.2) is 4.98 Å². The standard InChI is InChI=1S/C34H34N2O4/c1-24(38-2)28-20-21-30(39-3)31(33(28)40-4)32(37)29-22-36(23-35-29)34(25-14-8-5-9-15-25,26-16-10-6-11-17-26)27-18-12-7-13-19-27/h5-24,32,37H,1-4H3. The average Bonchev–Trinajstić information content (AvgIpc) is 3.52. The van der Waals surface area contributed by atoms with Crippen molar-refractivity contribution in [2.75, 3.05) is 21.3 Å². The maximum Gasteiger partial charge on any atom is 0.134 e. The van der Waals surface area contributed by atoms with E-state index in [9.17, 15) is 5.11 Å². The third kappa shape index (κ3) is 4.66.